The van der Waals surface area contributed by atoms with Gasteiger partial charge in [0.1, 0.15) is 0 Å². The second kappa shape index (κ2) is 6.92. The third-order valence-corrected chi connectivity index (χ3v) is 4.60. The van der Waals surface area contributed by atoms with Crippen molar-refractivity contribution in [2.75, 3.05) is 13.2 Å². The number of piperidine rings is 1. The predicted molar refractivity (Wildman–Crippen MR) is 90.2 cm³/mol. The Labute approximate surface area is 136 Å². The second-order valence-electron chi connectivity index (χ2n) is 6.02. The Balaban J connectivity index is 1.95. The number of nitrogens with zero attached hydrogens (tertiary/aromatic N) is 2. The Kier molecular flexibility index (Phi) is 4.72. The first-order chi connectivity index (χ1) is 11.2. The van der Waals surface area contributed by atoms with Gasteiger partial charge in [-0.1, -0.05) is 18.2 Å². The van der Waals surface area contributed by atoms with Gasteiger partial charge in [-0.15, -0.1) is 0 Å². The molecule has 1 aromatic heterocycles. The van der Waals surface area contributed by atoms with Crippen molar-refractivity contribution in [3.8, 4) is 11.3 Å². The van der Waals surface area contributed by atoms with E-state index in [1.165, 1.54) is 0 Å². The standard InChI is InChI=1S/C19H22N2O2/c1-14-16(18-10-2-4-11-20-18)8-6-9-17(14)19(23)21-12-5-3-7-15(21)13-22/h2,4,6,8-11,15,22H,3,5,7,12-13H2,1H3/t15-/m1/s1. The molecule has 23 heavy (non-hydrogen) atoms. The van der Waals surface area contributed by atoms with Gasteiger partial charge in [0.05, 0.1) is 18.3 Å². The quantitative estimate of drug-likeness (QED) is 0.948. The van der Waals surface area contributed by atoms with E-state index in [0.29, 0.717) is 5.56 Å². The molecule has 1 fully saturated rings. The number of aliphatic hydroxyl groups excluding tert-OH is 1. The molecule has 1 atom stereocenters. The monoisotopic (exact) mass is 310 g/mol. The molecule has 1 aliphatic heterocycles. The van der Waals surface area contributed by atoms with Gasteiger partial charge in [-0.3, -0.25) is 9.78 Å². The minimum Gasteiger partial charge on any atom is -0.394 e. The van der Waals surface area contributed by atoms with E-state index in [-0.39, 0.29) is 18.6 Å². The number of carbonyl (C=O) groups is 1. The molecule has 1 saturated heterocycles. The van der Waals surface area contributed by atoms with E-state index in [9.17, 15) is 9.90 Å². The van der Waals surface area contributed by atoms with E-state index in [4.69, 9.17) is 0 Å². The summed E-state index contributed by atoms with van der Waals surface area (Å²) in [5, 5.41) is 9.56. The maximum Gasteiger partial charge on any atom is 0.254 e. The summed E-state index contributed by atoms with van der Waals surface area (Å²) in [6, 6.07) is 11.5. The number of carbonyl (C=O) groups excluding carboxylic acids is 1. The van der Waals surface area contributed by atoms with Crippen LogP contribution < -0.4 is 0 Å². The molecule has 0 bridgehead atoms. The molecule has 2 heterocycles. The molecule has 3 rings (SSSR count). The molecule has 0 spiro atoms. The van der Waals surface area contributed by atoms with Crippen molar-refractivity contribution in [3.63, 3.8) is 0 Å². The second-order valence-corrected chi connectivity index (χ2v) is 6.02. The molecule has 1 aliphatic rings. The Morgan fingerprint density at radius 3 is 2.87 bits per heavy atom. The highest BCUT2D eigenvalue weighted by atomic mass is 16.3. The first-order valence-corrected chi connectivity index (χ1v) is 8.15. The molecule has 4 heteroatoms. The summed E-state index contributed by atoms with van der Waals surface area (Å²) in [5.41, 5.74) is 3.50. The summed E-state index contributed by atoms with van der Waals surface area (Å²) in [4.78, 5) is 19.2. The summed E-state index contributed by atoms with van der Waals surface area (Å²) in [6.07, 6.45) is 4.71. The largest absolute Gasteiger partial charge is 0.394 e. The molecule has 4 nitrogen and oxygen atoms in total. The zero-order valence-electron chi connectivity index (χ0n) is 13.4. The lowest BCUT2D eigenvalue weighted by molar-refractivity contribution is 0.0502. The number of benzene rings is 1. The van der Waals surface area contributed by atoms with Crippen LogP contribution in [-0.4, -0.2) is 40.1 Å². The number of aromatic nitrogens is 1. The average molecular weight is 310 g/mol. The van der Waals surface area contributed by atoms with Gasteiger partial charge in [0.25, 0.3) is 5.91 Å². The maximum atomic E-state index is 13.0. The molecule has 1 aromatic carbocycles. The van der Waals surface area contributed by atoms with Crippen LogP contribution in [0.5, 0.6) is 0 Å². The number of rotatable bonds is 3. The van der Waals surface area contributed by atoms with E-state index in [1.807, 2.05) is 48.2 Å². The lowest BCUT2D eigenvalue weighted by Crippen LogP contribution is -2.45. The van der Waals surface area contributed by atoms with Crippen LogP contribution in [0, 0.1) is 6.92 Å². The van der Waals surface area contributed by atoms with E-state index in [1.54, 1.807) is 6.20 Å². The van der Waals surface area contributed by atoms with Gasteiger partial charge < -0.3 is 10.0 Å². The third kappa shape index (κ3) is 3.13. The molecule has 1 N–H and O–H groups in total. The van der Waals surface area contributed by atoms with Gasteiger partial charge in [0, 0.05) is 23.9 Å². The number of aliphatic hydroxyl groups is 1. The van der Waals surface area contributed by atoms with Crippen molar-refractivity contribution in [3.05, 3.63) is 53.7 Å². The zero-order chi connectivity index (χ0) is 16.2. The van der Waals surface area contributed by atoms with Gasteiger partial charge in [0.2, 0.25) is 0 Å². The fourth-order valence-corrected chi connectivity index (χ4v) is 3.28. The number of likely N-dealkylation sites (tertiary alicyclic amines) is 1. The summed E-state index contributed by atoms with van der Waals surface area (Å²) < 4.78 is 0. The molecule has 0 saturated carbocycles. The zero-order valence-corrected chi connectivity index (χ0v) is 13.4. The van der Waals surface area contributed by atoms with Gasteiger partial charge >= 0.3 is 0 Å². The topological polar surface area (TPSA) is 53.4 Å². The fraction of sp³-hybridized carbons (Fsp3) is 0.368. The van der Waals surface area contributed by atoms with Crippen LogP contribution in [0.2, 0.25) is 0 Å². The Bertz CT molecular complexity index is 685. The minimum absolute atomic E-state index is 0.0130. The lowest BCUT2D eigenvalue weighted by Gasteiger charge is -2.35. The minimum atomic E-state index is -0.0610. The summed E-state index contributed by atoms with van der Waals surface area (Å²) in [5.74, 6) is 0.0130. The Hall–Kier alpha value is -2.20. The molecule has 2 aromatic rings. The summed E-state index contributed by atoms with van der Waals surface area (Å²) in [6.45, 7) is 2.72. The first kappa shape index (κ1) is 15.7. The van der Waals surface area contributed by atoms with Crippen molar-refractivity contribution >= 4 is 5.91 Å². The van der Waals surface area contributed by atoms with Gasteiger partial charge in [-0.05, 0) is 49.9 Å². The highest BCUT2D eigenvalue weighted by molar-refractivity contribution is 5.97. The van der Waals surface area contributed by atoms with E-state index >= 15 is 0 Å². The smallest absolute Gasteiger partial charge is 0.254 e. The summed E-state index contributed by atoms with van der Waals surface area (Å²) >= 11 is 0. The van der Waals surface area contributed by atoms with Crippen LogP contribution in [0.1, 0.15) is 35.2 Å². The molecule has 120 valence electrons. The molecule has 0 unspecified atom stereocenters. The molecular formula is C19H22N2O2. The van der Waals surface area contributed by atoms with Crippen LogP contribution in [-0.2, 0) is 0 Å². The van der Waals surface area contributed by atoms with Crippen molar-refractivity contribution in [2.24, 2.45) is 0 Å². The van der Waals surface area contributed by atoms with Crippen molar-refractivity contribution in [1.29, 1.82) is 0 Å². The van der Waals surface area contributed by atoms with Crippen molar-refractivity contribution in [1.82, 2.24) is 9.88 Å². The SMILES string of the molecule is Cc1c(C(=O)N2CCCC[C@@H]2CO)cccc1-c1ccccn1. The average Bonchev–Trinajstić information content (AvgIpc) is 2.62. The molecular weight excluding hydrogens is 288 g/mol. The fourth-order valence-electron chi connectivity index (χ4n) is 3.28. The van der Waals surface area contributed by atoms with E-state index in [0.717, 1.165) is 42.6 Å². The van der Waals surface area contributed by atoms with Gasteiger partial charge in [-0.2, -0.15) is 0 Å². The van der Waals surface area contributed by atoms with Crippen LogP contribution in [0.15, 0.2) is 42.6 Å². The summed E-state index contributed by atoms with van der Waals surface area (Å²) in [7, 11) is 0. The number of hydrogen-bond donors (Lipinski definition) is 1. The van der Waals surface area contributed by atoms with Crippen molar-refractivity contribution < 1.29 is 9.90 Å². The highest BCUT2D eigenvalue weighted by Gasteiger charge is 2.28. The number of amides is 1. The number of hydrogen-bond acceptors (Lipinski definition) is 3. The van der Waals surface area contributed by atoms with Gasteiger partial charge in [-0.25, -0.2) is 0 Å². The van der Waals surface area contributed by atoms with E-state index in [2.05, 4.69) is 4.98 Å². The third-order valence-electron chi connectivity index (χ3n) is 4.60. The van der Waals surface area contributed by atoms with E-state index < -0.39 is 0 Å². The Morgan fingerprint density at radius 1 is 1.26 bits per heavy atom. The van der Waals surface area contributed by atoms with Crippen LogP contribution in [0.3, 0.4) is 0 Å². The molecule has 1 amide bonds. The van der Waals surface area contributed by atoms with Crippen molar-refractivity contribution in [2.45, 2.75) is 32.2 Å². The molecule has 0 aliphatic carbocycles. The maximum absolute atomic E-state index is 13.0. The molecule has 0 radical (unpaired) electrons. The highest BCUT2D eigenvalue weighted by Crippen LogP contribution is 2.26. The van der Waals surface area contributed by atoms with Crippen LogP contribution in [0.25, 0.3) is 11.3 Å². The predicted octanol–water partition coefficient (Wildman–Crippen LogP) is 3.04. The Morgan fingerprint density at radius 2 is 2.13 bits per heavy atom. The number of pyridine rings is 1. The normalized spacial score (nSPS) is 18.0. The van der Waals surface area contributed by atoms with Crippen LogP contribution >= 0.6 is 0 Å². The lowest BCUT2D eigenvalue weighted by atomic mass is 9.96. The first-order valence-electron chi connectivity index (χ1n) is 8.15. The van der Waals surface area contributed by atoms with Crippen LogP contribution in [0.4, 0.5) is 0 Å². The van der Waals surface area contributed by atoms with Gasteiger partial charge in [0.15, 0.2) is 0 Å².